The minimum Gasteiger partial charge on any atom is -0.481 e. The van der Waals surface area contributed by atoms with Crippen LogP contribution in [0, 0.1) is 11.8 Å². The van der Waals surface area contributed by atoms with Crippen LogP contribution in [0.25, 0.3) is 0 Å². The summed E-state index contributed by atoms with van der Waals surface area (Å²) in [4.78, 5) is 24.7. The van der Waals surface area contributed by atoms with Crippen LogP contribution in [0.4, 0.5) is 4.79 Å². The maximum absolute atomic E-state index is 12.1. The summed E-state index contributed by atoms with van der Waals surface area (Å²) in [5.41, 5.74) is 2.31. The smallest absolute Gasteiger partial charge is 0.317 e. The summed E-state index contributed by atoms with van der Waals surface area (Å²) in [6.07, 6.45) is 0.995. The maximum Gasteiger partial charge on any atom is 0.317 e. The first kappa shape index (κ1) is 15.4. The highest BCUT2D eigenvalue weighted by Gasteiger charge is 2.36. The molecule has 0 spiro atoms. The average Bonchev–Trinajstić information content (AvgIpc) is 2.87. The van der Waals surface area contributed by atoms with Gasteiger partial charge in [0.1, 0.15) is 0 Å². The zero-order valence-corrected chi connectivity index (χ0v) is 12.5. The van der Waals surface area contributed by atoms with Crippen LogP contribution in [0.2, 0.25) is 0 Å². The van der Waals surface area contributed by atoms with Crippen LogP contribution < -0.4 is 5.32 Å². The molecule has 5 nitrogen and oxygen atoms in total. The van der Waals surface area contributed by atoms with E-state index in [4.69, 9.17) is 5.11 Å². The van der Waals surface area contributed by atoms with Gasteiger partial charge >= 0.3 is 12.0 Å². The summed E-state index contributed by atoms with van der Waals surface area (Å²) in [5.74, 6) is -1.29. The van der Waals surface area contributed by atoms with Gasteiger partial charge in [0.25, 0.3) is 0 Å². The van der Waals surface area contributed by atoms with Crippen molar-refractivity contribution >= 4 is 12.0 Å². The molecule has 0 bridgehead atoms. The molecule has 1 aliphatic heterocycles. The standard InChI is InChI=1S/C16H22N2O3/c1-3-12-4-6-13(7-5-12)8-17-16(21)18-9-11(2)14(10-18)15(19)20/h4-7,11,14H,3,8-10H2,1-2H3,(H,17,21)(H,19,20)/t11-,14-/m1/s1. The molecular weight excluding hydrogens is 268 g/mol. The van der Waals surface area contributed by atoms with Gasteiger partial charge in [-0.25, -0.2) is 4.79 Å². The SMILES string of the molecule is CCc1ccc(CNC(=O)N2C[C@@H](C)[C@H](C(=O)O)C2)cc1. The number of carbonyl (C=O) groups is 2. The first-order valence-electron chi connectivity index (χ1n) is 7.34. The minimum absolute atomic E-state index is 0.00270. The van der Waals surface area contributed by atoms with E-state index in [1.807, 2.05) is 19.1 Å². The molecular formula is C16H22N2O3. The Morgan fingerprint density at radius 1 is 1.24 bits per heavy atom. The lowest BCUT2D eigenvalue weighted by atomic mass is 9.99. The number of aryl methyl sites for hydroxylation is 1. The molecule has 1 aliphatic rings. The van der Waals surface area contributed by atoms with E-state index in [0.717, 1.165) is 12.0 Å². The van der Waals surface area contributed by atoms with Crippen LogP contribution in [-0.2, 0) is 17.8 Å². The van der Waals surface area contributed by atoms with Gasteiger partial charge in [0, 0.05) is 19.6 Å². The van der Waals surface area contributed by atoms with E-state index in [9.17, 15) is 9.59 Å². The molecule has 2 N–H and O–H groups in total. The molecule has 0 aliphatic carbocycles. The summed E-state index contributed by atoms with van der Waals surface area (Å²) >= 11 is 0. The Bertz CT molecular complexity index is 513. The van der Waals surface area contributed by atoms with Gasteiger partial charge in [-0.2, -0.15) is 0 Å². The topological polar surface area (TPSA) is 69.6 Å². The van der Waals surface area contributed by atoms with Crippen LogP contribution in [-0.4, -0.2) is 35.1 Å². The van der Waals surface area contributed by atoms with Crippen molar-refractivity contribution in [1.82, 2.24) is 10.2 Å². The van der Waals surface area contributed by atoms with Crippen LogP contribution in [0.1, 0.15) is 25.0 Å². The molecule has 1 aromatic carbocycles. The monoisotopic (exact) mass is 290 g/mol. The van der Waals surface area contributed by atoms with Gasteiger partial charge in [0.2, 0.25) is 0 Å². The maximum atomic E-state index is 12.1. The van der Waals surface area contributed by atoms with E-state index in [1.165, 1.54) is 5.56 Å². The highest BCUT2D eigenvalue weighted by Crippen LogP contribution is 2.23. The fourth-order valence-corrected chi connectivity index (χ4v) is 2.64. The van der Waals surface area contributed by atoms with Crippen molar-refractivity contribution in [2.24, 2.45) is 11.8 Å². The summed E-state index contributed by atoms with van der Waals surface area (Å²) in [7, 11) is 0. The van der Waals surface area contributed by atoms with Crippen molar-refractivity contribution in [1.29, 1.82) is 0 Å². The second-order valence-corrected chi connectivity index (χ2v) is 5.66. The quantitative estimate of drug-likeness (QED) is 0.892. The third-order valence-corrected chi connectivity index (χ3v) is 4.09. The Morgan fingerprint density at radius 2 is 1.86 bits per heavy atom. The molecule has 21 heavy (non-hydrogen) atoms. The number of benzene rings is 1. The predicted octanol–water partition coefficient (Wildman–Crippen LogP) is 2.11. The van der Waals surface area contributed by atoms with E-state index in [1.54, 1.807) is 4.90 Å². The third-order valence-electron chi connectivity index (χ3n) is 4.09. The molecule has 1 saturated heterocycles. The van der Waals surface area contributed by atoms with Gasteiger partial charge in [-0.3, -0.25) is 4.79 Å². The van der Waals surface area contributed by atoms with E-state index >= 15 is 0 Å². The van der Waals surface area contributed by atoms with Gasteiger partial charge in [-0.15, -0.1) is 0 Å². The number of hydrogen-bond acceptors (Lipinski definition) is 2. The number of nitrogens with one attached hydrogen (secondary N) is 1. The van der Waals surface area contributed by atoms with E-state index in [2.05, 4.69) is 24.4 Å². The Labute approximate surface area is 125 Å². The van der Waals surface area contributed by atoms with Crippen LogP contribution in [0.15, 0.2) is 24.3 Å². The molecule has 1 heterocycles. The second kappa shape index (κ2) is 6.61. The molecule has 2 rings (SSSR count). The Hall–Kier alpha value is -2.04. The number of amides is 2. The largest absolute Gasteiger partial charge is 0.481 e. The van der Waals surface area contributed by atoms with Crippen LogP contribution in [0.3, 0.4) is 0 Å². The van der Waals surface area contributed by atoms with Crippen molar-refractivity contribution in [3.63, 3.8) is 0 Å². The molecule has 2 amide bonds. The Morgan fingerprint density at radius 3 is 2.38 bits per heavy atom. The van der Waals surface area contributed by atoms with Gasteiger partial charge in [0.15, 0.2) is 0 Å². The summed E-state index contributed by atoms with van der Waals surface area (Å²) in [5, 5.41) is 11.9. The van der Waals surface area contributed by atoms with Gasteiger partial charge < -0.3 is 15.3 Å². The summed E-state index contributed by atoms with van der Waals surface area (Å²) in [6.45, 7) is 5.22. The molecule has 1 fully saturated rings. The summed E-state index contributed by atoms with van der Waals surface area (Å²) in [6, 6.07) is 7.93. The number of carboxylic acid groups (broad SMARTS) is 1. The van der Waals surface area contributed by atoms with Gasteiger partial charge in [-0.1, -0.05) is 38.1 Å². The highest BCUT2D eigenvalue weighted by molar-refractivity contribution is 5.77. The van der Waals surface area contributed by atoms with Crippen molar-refractivity contribution in [2.45, 2.75) is 26.8 Å². The Balaban J connectivity index is 1.86. The zero-order valence-electron chi connectivity index (χ0n) is 12.5. The summed E-state index contributed by atoms with van der Waals surface area (Å²) < 4.78 is 0. The van der Waals surface area contributed by atoms with Crippen LogP contribution >= 0.6 is 0 Å². The lowest BCUT2D eigenvalue weighted by molar-refractivity contribution is -0.142. The number of likely N-dealkylation sites (tertiary alicyclic amines) is 1. The minimum atomic E-state index is -0.826. The van der Waals surface area contributed by atoms with Gasteiger partial charge in [0.05, 0.1) is 5.92 Å². The normalized spacial score (nSPS) is 21.3. The van der Waals surface area contributed by atoms with Crippen LogP contribution in [0.5, 0.6) is 0 Å². The van der Waals surface area contributed by atoms with Crippen molar-refractivity contribution in [3.8, 4) is 0 Å². The molecule has 0 saturated carbocycles. The number of carbonyl (C=O) groups excluding carboxylic acids is 1. The van der Waals surface area contributed by atoms with E-state index in [-0.39, 0.29) is 18.5 Å². The van der Waals surface area contributed by atoms with Crippen molar-refractivity contribution in [3.05, 3.63) is 35.4 Å². The first-order valence-corrected chi connectivity index (χ1v) is 7.34. The molecule has 114 valence electrons. The lowest BCUT2D eigenvalue weighted by Gasteiger charge is -2.17. The molecule has 1 aromatic rings. The second-order valence-electron chi connectivity index (χ2n) is 5.66. The first-order chi connectivity index (χ1) is 10.0. The molecule has 0 unspecified atom stereocenters. The number of nitrogens with zero attached hydrogens (tertiary/aromatic N) is 1. The fraction of sp³-hybridized carbons (Fsp3) is 0.500. The third kappa shape index (κ3) is 3.74. The number of hydrogen-bond donors (Lipinski definition) is 2. The number of urea groups is 1. The van der Waals surface area contributed by atoms with E-state index < -0.39 is 11.9 Å². The van der Waals surface area contributed by atoms with Crippen molar-refractivity contribution in [2.75, 3.05) is 13.1 Å². The Kier molecular flexibility index (Phi) is 4.83. The average molecular weight is 290 g/mol. The fourth-order valence-electron chi connectivity index (χ4n) is 2.64. The van der Waals surface area contributed by atoms with E-state index in [0.29, 0.717) is 13.1 Å². The highest BCUT2D eigenvalue weighted by atomic mass is 16.4. The molecule has 0 aromatic heterocycles. The number of rotatable bonds is 4. The molecule has 0 radical (unpaired) electrons. The predicted molar refractivity (Wildman–Crippen MR) is 79.9 cm³/mol. The molecule has 2 atom stereocenters. The van der Waals surface area contributed by atoms with Gasteiger partial charge in [-0.05, 0) is 23.5 Å². The molecule has 5 heteroatoms. The lowest BCUT2D eigenvalue weighted by Crippen LogP contribution is -2.38. The number of aliphatic carboxylic acids is 1. The van der Waals surface area contributed by atoms with Crippen molar-refractivity contribution < 1.29 is 14.7 Å². The number of carboxylic acids is 1. The zero-order chi connectivity index (χ0) is 15.4.